The molecule has 0 amide bonds. The lowest BCUT2D eigenvalue weighted by Gasteiger charge is -2.41. The van der Waals surface area contributed by atoms with Gasteiger partial charge in [0.05, 0.1) is 30.8 Å². The number of nitrogens with zero attached hydrogens (tertiary/aromatic N) is 2. The van der Waals surface area contributed by atoms with Gasteiger partial charge in [-0.05, 0) is 68.0 Å². The van der Waals surface area contributed by atoms with Gasteiger partial charge in [0, 0.05) is 42.4 Å². The highest BCUT2D eigenvalue weighted by Crippen LogP contribution is 2.42. The zero-order valence-corrected chi connectivity index (χ0v) is 22.2. The van der Waals surface area contributed by atoms with Crippen LogP contribution >= 0.6 is 0 Å². The average Bonchev–Trinajstić information content (AvgIpc) is 2.94. The van der Waals surface area contributed by atoms with E-state index in [1.165, 1.54) is 13.3 Å². The molecule has 7 nitrogen and oxygen atoms in total. The molecule has 2 aromatic carbocycles. The van der Waals surface area contributed by atoms with Crippen LogP contribution in [0.4, 0.5) is 23.2 Å². The van der Waals surface area contributed by atoms with Gasteiger partial charge in [0.1, 0.15) is 18.2 Å². The van der Waals surface area contributed by atoms with Crippen molar-refractivity contribution in [1.82, 2.24) is 9.88 Å². The number of methoxy groups -OCH3 is 1. The molecule has 1 aliphatic heterocycles. The summed E-state index contributed by atoms with van der Waals surface area (Å²) in [4.78, 5) is 18.1. The number of nitrogens with one attached hydrogen (secondary N) is 1. The molecule has 1 saturated heterocycles. The minimum atomic E-state index is -1.27. The minimum absolute atomic E-state index is 0.0690. The number of aliphatic hydroxyl groups is 1. The molecule has 4 rings (SSSR count). The number of carboxylic acid groups (broad SMARTS) is 1. The first-order valence-corrected chi connectivity index (χ1v) is 13.2. The maximum atomic E-state index is 13.9. The van der Waals surface area contributed by atoms with Crippen LogP contribution < -0.4 is 10.1 Å². The van der Waals surface area contributed by atoms with Gasteiger partial charge in [-0.25, -0.2) is 17.6 Å². The Kier molecular flexibility index (Phi) is 9.47. The van der Waals surface area contributed by atoms with Crippen LogP contribution in [0.2, 0.25) is 0 Å². The van der Waals surface area contributed by atoms with E-state index < -0.39 is 41.6 Å². The summed E-state index contributed by atoms with van der Waals surface area (Å²) in [7, 11) is 1.52. The van der Waals surface area contributed by atoms with E-state index in [4.69, 9.17) is 4.74 Å². The maximum absolute atomic E-state index is 13.9. The molecule has 0 aliphatic carbocycles. The number of alkyl halides is 1. The first kappa shape index (κ1) is 29.5. The van der Waals surface area contributed by atoms with Crippen LogP contribution in [0.15, 0.2) is 36.5 Å². The van der Waals surface area contributed by atoms with Gasteiger partial charge in [0.25, 0.3) is 0 Å². The third-order valence-electron chi connectivity index (χ3n) is 7.80. The van der Waals surface area contributed by atoms with Gasteiger partial charge >= 0.3 is 5.97 Å². The number of anilines is 1. The monoisotopic (exact) mass is 563 g/mol. The topological polar surface area (TPSA) is 94.9 Å². The van der Waals surface area contributed by atoms with E-state index in [0.717, 1.165) is 6.07 Å². The van der Waals surface area contributed by atoms with Crippen LogP contribution in [0.25, 0.3) is 10.9 Å². The molecule has 0 bridgehead atoms. The van der Waals surface area contributed by atoms with E-state index in [2.05, 4.69) is 15.2 Å². The number of hydrogen-bond donors (Lipinski definition) is 3. The van der Waals surface area contributed by atoms with Crippen molar-refractivity contribution < 1.29 is 37.3 Å². The van der Waals surface area contributed by atoms with Crippen molar-refractivity contribution in [3.05, 3.63) is 65.1 Å². The molecule has 0 unspecified atom stereocenters. The second-order valence-electron chi connectivity index (χ2n) is 10.4. The number of fused-ring (bicyclic) bond motifs is 1. The number of carbonyl (C=O) groups is 1. The van der Waals surface area contributed by atoms with E-state index in [-0.39, 0.29) is 30.6 Å². The summed E-state index contributed by atoms with van der Waals surface area (Å²) in [5.41, 5.74) is 0.483. The molecule has 3 aromatic rings. The molecule has 40 heavy (non-hydrogen) atoms. The molecule has 0 saturated carbocycles. The van der Waals surface area contributed by atoms with Crippen molar-refractivity contribution in [2.75, 3.05) is 38.6 Å². The zero-order chi connectivity index (χ0) is 28.9. The number of rotatable bonds is 12. The number of ether oxygens (including phenoxy) is 1. The SMILES string of the molecule is COc1ccc2ncc(CF)c([C@@H](O)CCC3(CC(=O)O)CCN(CCNc4cc(F)cc(F)c4F)CC3)c2c1. The van der Waals surface area contributed by atoms with Gasteiger partial charge in [0.15, 0.2) is 11.6 Å². The Morgan fingerprint density at radius 1 is 1.20 bits per heavy atom. The fraction of sp³-hybridized carbons (Fsp3) is 0.448. The highest BCUT2D eigenvalue weighted by molar-refractivity contribution is 5.85. The third-order valence-corrected chi connectivity index (χ3v) is 7.80. The molecule has 1 atom stereocenters. The van der Waals surface area contributed by atoms with Gasteiger partial charge in [-0.3, -0.25) is 9.78 Å². The summed E-state index contributed by atoms with van der Waals surface area (Å²) in [5, 5.41) is 24.2. The van der Waals surface area contributed by atoms with Crippen LogP contribution in [0.1, 0.15) is 49.3 Å². The Bertz CT molecular complexity index is 1340. The molecular formula is C29H33F4N3O4. The van der Waals surface area contributed by atoms with E-state index in [0.29, 0.717) is 67.2 Å². The molecule has 1 aromatic heterocycles. The van der Waals surface area contributed by atoms with Crippen LogP contribution in [0, 0.1) is 22.9 Å². The molecule has 1 aliphatic rings. The minimum Gasteiger partial charge on any atom is -0.497 e. The number of benzene rings is 2. The van der Waals surface area contributed by atoms with E-state index >= 15 is 0 Å². The number of likely N-dealkylation sites (tertiary alicyclic amines) is 1. The summed E-state index contributed by atoms with van der Waals surface area (Å²) >= 11 is 0. The Hall–Kier alpha value is -3.44. The predicted molar refractivity (Wildman–Crippen MR) is 142 cm³/mol. The van der Waals surface area contributed by atoms with E-state index in [1.807, 2.05) is 0 Å². The van der Waals surface area contributed by atoms with Gasteiger partial charge in [-0.2, -0.15) is 0 Å². The summed E-state index contributed by atoms with van der Waals surface area (Å²) in [6, 6.07) is 6.56. The summed E-state index contributed by atoms with van der Waals surface area (Å²) < 4.78 is 59.9. The Labute approximate surface area is 229 Å². The number of halogens is 4. The Morgan fingerprint density at radius 3 is 2.62 bits per heavy atom. The quantitative estimate of drug-likeness (QED) is 0.195. The molecule has 3 N–H and O–H groups in total. The van der Waals surface area contributed by atoms with Crippen molar-refractivity contribution in [1.29, 1.82) is 0 Å². The zero-order valence-electron chi connectivity index (χ0n) is 22.2. The van der Waals surface area contributed by atoms with Gasteiger partial charge in [-0.15, -0.1) is 0 Å². The number of aliphatic hydroxyl groups excluding tert-OH is 1. The first-order valence-electron chi connectivity index (χ1n) is 13.2. The standard InChI is InChI=1S/C29H33F4N3O4/c1-40-20-2-3-23-21(14-20)27(18(16-30)17-35-23)25(37)4-5-29(15-26(38)39)6-9-36(10-7-29)11-8-34-24-13-19(31)12-22(32)28(24)33/h2-3,12-14,17,25,34,37H,4-11,15-16H2,1H3,(H,38,39)/t25-/m0/s1. The van der Waals surface area contributed by atoms with Gasteiger partial charge in [-0.1, -0.05) is 0 Å². The molecule has 0 spiro atoms. The fourth-order valence-corrected chi connectivity index (χ4v) is 5.57. The molecule has 216 valence electrons. The van der Waals surface area contributed by atoms with Gasteiger partial charge in [0.2, 0.25) is 0 Å². The second kappa shape index (κ2) is 12.8. The average molecular weight is 564 g/mol. The highest BCUT2D eigenvalue weighted by Gasteiger charge is 2.37. The molecule has 1 fully saturated rings. The van der Waals surface area contributed by atoms with Crippen molar-refractivity contribution in [2.45, 2.75) is 44.9 Å². The summed E-state index contributed by atoms with van der Waals surface area (Å²) in [6.45, 7) is 1.04. The van der Waals surface area contributed by atoms with Crippen molar-refractivity contribution in [3.8, 4) is 5.75 Å². The van der Waals surface area contributed by atoms with Crippen LogP contribution in [-0.2, 0) is 11.5 Å². The first-order chi connectivity index (χ1) is 19.1. The predicted octanol–water partition coefficient (Wildman–Crippen LogP) is 5.61. The number of piperidine rings is 1. The van der Waals surface area contributed by atoms with Crippen LogP contribution in [0.3, 0.4) is 0 Å². The molecule has 2 heterocycles. The fourth-order valence-electron chi connectivity index (χ4n) is 5.57. The molecule has 11 heteroatoms. The maximum Gasteiger partial charge on any atom is 0.303 e. The summed E-state index contributed by atoms with van der Waals surface area (Å²) in [5.74, 6) is -3.67. The lowest BCUT2D eigenvalue weighted by molar-refractivity contribution is -0.141. The van der Waals surface area contributed by atoms with Crippen LogP contribution in [0.5, 0.6) is 5.75 Å². The largest absolute Gasteiger partial charge is 0.497 e. The molecule has 0 radical (unpaired) electrons. The van der Waals surface area contributed by atoms with Crippen molar-refractivity contribution in [2.24, 2.45) is 5.41 Å². The lowest BCUT2D eigenvalue weighted by atomic mass is 9.71. The smallest absolute Gasteiger partial charge is 0.303 e. The Morgan fingerprint density at radius 2 is 1.95 bits per heavy atom. The summed E-state index contributed by atoms with van der Waals surface area (Å²) in [6.07, 6.45) is 2.07. The number of carboxylic acids is 1. The number of aromatic nitrogens is 1. The van der Waals surface area contributed by atoms with Crippen LogP contribution in [-0.4, -0.2) is 59.4 Å². The lowest BCUT2D eigenvalue weighted by Crippen LogP contribution is -2.43. The van der Waals surface area contributed by atoms with E-state index in [9.17, 15) is 32.6 Å². The number of aliphatic carboxylic acids is 1. The van der Waals surface area contributed by atoms with E-state index in [1.54, 1.807) is 18.2 Å². The highest BCUT2D eigenvalue weighted by atomic mass is 19.2. The normalized spacial score (nSPS) is 16.1. The van der Waals surface area contributed by atoms with Crippen molar-refractivity contribution in [3.63, 3.8) is 0 Å². The Balaban J connectivity index is 1.41. The van der Waals surface area contributed by atoms with Gasteiger partial charge < -0.3 is 25.2 Å². The third kappa shape index (κ3) is 6.82. The molecular weight excluding hydrogens is 530 g/mol. The number of pyridine rings is 1. The number of hydrogen-bond acceptors (Lipinski definition) is 6. The second-order valence-corrected chi connectivity index (χ2v) is 10.4. The van der Waals surface area contributed by atoms with Crippen molar-refractivity contribution >= 4 is 22.6 Å².